The maximum Gasteiger partial charge on any atom is 0.118 e. The molecule has 0 bridgehead atoms. The molecule has 4 heteroatoms. The minimum absolute atomic E-state index is 0.0361. The van der Waals surface area contributed by atoms with Crippen molar-refractivity contribution in [1.29, 1.82) is 0 Å². The molecule has 0 aliphatic carbocycles. The Kier molecular flexibility index (Phi) is 5.62. The Labute approximate surface area is 128 Å². The first-order chi connectivity index (χ1) is 10.1. The molecule has 0 aromatic heterocycles. The molecule has 1 unspecified atom stereocenters. The highest BCUT2D eigenvalue weighted by Crippen LogP contribution is 2.23. The molecule has 0 amide bonds. The molecule has 1 aliphatic rings. The van der Waals surface area contributed by atoms with Gasteiger partial charge in [-0.1, -0.05) is 19.1 Å². The number of hydrogen-bond acceptors (Lipinski definition) is 4. The molecule has 1 aliphatic heterocycles. The summed E-state index contributed by atoms with van der Waals surface area (Å²) < 4.78 is 5.23. The van der Waals surface area contributed by atoms with Crippen molar-refractivity contribution in [2.24, 2.45) is 5.73 Å². The lowest BCUT2D eigenvalue weighted by Crippen LogP contribution is -2.59. The Bertz CT molecular complexity index is 426. The van der Waals surface area contributed by atoms with E-state index in [0.717, 1.165) is 44.9 Å². The third kappa shape index (κ3) is 3.96. The first kappa shape index (κ1) is 16.3. The number of benzene rings is 1. The van der Waals surface area contributed by atoms with Gasteiger partial charge in [-0.25, -0.2) is 0 Å². The fourth-order valence-electron chi connectivity index (χ4n) is 3.10. The summed E-state index contributed by atoms with van der Waals surface area (Å²) in [5.74, 6) is 0.907. The molecule has 1 saturated heterocycles. The predicted octanol–water partition coefficient (Wildman–Crippen LogP) is 1.59. The first-order valence-corrected chi connectivity index (χ1v) is 7.91. The van der Waals surface area contributed by atoms with Crippen LogP contribution in [0.4, 0.5) is 0 Å². The molecule has 0 saturated carbocycles. The largest absolute Gasteiger partial charge is 0.497 e. The van der Waals surface area contributed by atoms with E-state index in [4.69, 9.17) is 10.5 Å². The molecule has 1 aromatic carbocycles. The van der Waals surface area contributed by atoms with E-state index in [9.17, 15) is 0 Å². The van der Waals surface area contributed by atoms with Gasteiger partial charge in [-0.15, -0.1) is 0 Å². The molecule has 1 aromatic rings. The van der Waals surface area contributed by atoms with E-state index in [1.54, 1.807) is 7.11 Å². The molecule has 2 N–H and O–H groups in total. The van der Waals surface area contributed by atoms with Crippen LogP contribution in [0.3, 0.4) is 0 Å². The van der Waals surface area contributed by atoms with E-state index in [0.29, 0.717) is 6.54 Å². The van der Waals surface area contributed by atoms with Gasteiger partial charge in [0.1, 0.15) is 5.75 Å². The Balaban J connectivity index is 2.02. The number of nitrogens with zero attached hydrogens (tertiary/aromatic N) is 2. The summed E-state index contributed by atoms with van der Waals surface area (Å²) in [6.07, 6.45) is 0.986. The normalized spacial score (nSPS) is 20.2. The smallest absolute Gasteiger partial charge is 0.118 e. The number of piperazine rings is 1. The van der Waals surface area contributed by atoms with Crippen molar-refractivity contribution in [3.8, 4) is 5.75 Å². The minimum Gasteiger partial charge on any atom is -0.497 e. The lowest BCUT2D eigenvalue weighted by atomic mass is 9.90. The van der Waals surface area contributed by atoms with Gasteiger partial charge in [-0.05, 0) is 37.6 Å². The zero-order chi connectivity index (χ0) is 15.3. The van der Waals surface area contributed by atoms with Crippen LogP contribution in [0.5, 0.6) is 5.75 Å². The predicted molar refractivity (Wildman–Crippen MR) is 87.8 cm³/mol. The van der Waals surface area contributed by atoms with E-state index in [1.807, 2.05) is 12.1 Å². The molecule has 1 heterocycles. The Morgan fingerprint density at radius 1 is 1.14 bits per heavy atom. The average molecular weight is 291 g/mol. The van der Waals surface area contributed by atoms with Crippen LogP contribution in [0, 0.1) is 0 Å². The molecular weight excluding hydrogens is 262 g/mol. The highest BCUT2D eigenvalue weighted by molar-refractivity contribution is 5.28. The van der Waals surface area contributed by atoms with Crippen LogP contribution in [-0.4, -0.2) is 61.7 Å². The summed E-state index contributed by atoms with van der Waals surface area (Å²) in [5.41, 5.74) is 7.49. The van der Waals surface area contributed by atoms with E-state index < -0.39 is 0 Å². The van der Waals surface area contributed by atoms with Crippen LogP contribution < -0.4 is 10.5 Å². The molecule has 0 spiro atoms. The molecule has 4 nitrogen and oxygen atoms in total. The van der Waals surface area contributed by atoms with Crippen LogP contribution >= 0.6 is 0 Å². The number of rotatable bonds is 6. The van der Waals surface area contributed by atoms with Gasteiger partial charge in [0.25, 0.3) is 0 Å². The lowest BCUT2D eigenvalue weighted by Gasteiger charge is -2.45. The fourth-order valence-corrected chi connectivity index (χ4v) is 3.10. The molecule has 1 atom stereocenters. The maximum atomic E-state index is 6.13. The second-order valence-electron chi connectivity index (χ2n) is 6.15. The molecule has 1 fully saturated rings. The van der Waals surface area contributed by atoms with Gasteiger partial charge in [-0.3, -0.25) is 4.90 Å². The minimum atomic E-state index is 0.0361. The van der Waals surface area contributed by atoms with E-state index >= 15 is 0 Å². The molecule has 2 rings (SSSR count). The third-order valence-corrected chi connectivity index (χ3v) is 4.77. The average Bonchev–Trinajstić information content (AvgIpc) is 2.55. The van der Waals surface area contributed by atoms with Gasteiger partial charge in [0, 0.05) is 38.3 Å². The number of hydrogen-bond donors (Lipinski definition) is 1. The maximum absolute atomic E-state index is 6.13. The van der Waals surface area contributed by atoms with Crippen molar-refractivity contribution in [3.05, 3.63) is 29.8 Å². The van der Waals surface area contributed by atoms with E-state index in [1.165, 1.54) is 5.56 Å². The third-order valence-electron chi connectivity index (χ3n) is 4.77. The van der Waals surface area contributed by atoms with Gasteiger partial charge >= 0.3 is 0 Å². The summed E-state index contributed by atoms with van der Waals surface area (Å²) in [6.45, 7) is 10.9. The Morgan fingerprint density at radius 3 is 2.24 bits per heavy atom. The standard InChI is InChI=1S/C17H29N3O/c1-4-19-9-11-20(12-10-19)17(2,14-18)13-15-5-7-16(21-3)8-6-15/h5-8H,4,9-14,18H2,1-3H3. The summed E-state index contributed by atoms with van der Waals surface area (Å²) in [5, 5.41) is 0. The van der Waals surface area contributed by atoms with Gasteiger partial charge in [0.2, 0.25) is 0 Å². The Hall–Kier alpha value is -1.10. The number of ether oxygens (including phenoxy) is 1. The van der Waals surface area contributed by atoms with E-state index in [-0.39, 0.29) is 5.54 Å². The highest BCUT2D eigenvalue weighted by Gasteiger charge is 2.32. The first-order valence-electron chi connectivity index (χ1n) is 7.91. The van der Waals surface area contributed by atoms with Crippen LogP contribution in [0.1, 0.15) is 19.4 Å². The molecular formula is C17H29N3O. The van der Waals surface area contributed by atoms with Gasteiger partial charge < -0.3 is 15.4 Å². The molecule has 118 valence electrons. The second kappa shape index (κ2) is 7.25. The van der Waals surface area contributed by atoms with E-state index in [2.05, 4.69) is 35.8 Å². The number of nitrogens with two attached hydrogens (primary N) is 1. The van der Waals surface area contributed by atoms with Crippen LogP contribution in [0.25, 0.3) is 0 Å². The van der Waals surface area contributed by atoms with Crippen molar-refractivity contribution in [2.45, 2.75) is 25.8 Å². The van der Waals surface area contributed by atoms with Crippen molar-refractivity contribution in [2.75, 3.05) is 46.4 Å². The van der Waals surface area contributed by atoms with Gasteiger partial charge in [-0.2, -0.15) is 0 Å². The van der Waals surface area contributed by atoms with Crippen molar-refractivity contribution in [1.82, 2.24) is 9.80 Å². The van der Waals surface area contributed by atoms with Crippen LogP contribution in [0.15, 0.2) is 24.3 Å². The lowest BCUT2D eigenvalue weighted by molar-refractivity contribution is 0.0485. The van der Waals surface area contributed by atoms with Crippen molar-refractivity contribution < 1.29 is 4.74 Å². The van der Waals surface area contributed by atoms with Crippen LogP contribution in [0.2, 0.25) is 0 Å². The summed E-state index contributed by atoms with van der Waals surface area (Å²) in [6, 6.07) is 8.35. The molecule has 0 radical (unpaired) electrons. The van der Waals surface area contributed by atoms with Gasteiger partial charge in [0.05, 0.1) is 7.11 Å². The van der Waals surface area contributed by atoms with Crippen LogP contribution in [-0.2, 0) is 6.42 Å². The SMILES string of the molecule is CCN1CCN(C(C)(CN)Cc2ccc(OC)cc2)CC1. The second-order valence-corrected chi connectivity index (χ2v) is 6.15. The Morgan fingerprint density at radius 2 is 1.76 bits per heavy atom. The zero-order valence-corrected chi connectivity index (χ0v) is 13.6. The summed E-state index contributed by atoms with van der Waals surface area (Å²) in [4.78, 5) is 5.06. The summed E-state index contributed by atoms with van der Waals surface area (Å²) >= 11 is 0. The topological polar surface area (TPSA) is 41.7 Å². The zero-order valence-electron chi connectivity index (χ0n) is 13.6. The van der Waals surface area contributed by atoms with Crippen molar-refractivity contribution in [3.63, 3.8) is 0 Å². The van der Waals surface area contributed by atoms with Gasteiger partial charge in [0.15, 0.2) is 0 Å². The number of methoxy groups -OCH3 is 1. The van der Waals surface area contributed by atoms with Crippen molar-refractivity contribution >= 4 is 0 Å². The quantitative estimate of drug-likeness (QED) is 0.864. The number of likely N-dealkylation sites (N-methyl/N-ethyl adjacent to an activating group) is 1. The summed E-state index contributed by atoms with van der Waals surface area (Å²) in [7, 11) is 1.70. The fraction of sp³-hybridized carbons (Fsp3) is 0.647. The monoisotopic (exact) mass is 291 g/mol. The molecule has 21 heavy (non-hydrogen) atoms. The highest BCUT2D eigenvalue weighted by atomic mass is 16.5.